The molecule has 0 saturated heterocycles. The number of thioether (sulfide) groups is 1. The molecule has 90 valence electrons. The van der Waals surface area contributed by atoms with Gasteiger partial charge in [0.15, 0.2) is 5.82 Å². The maximum absolute atomic E-state index is 5.12. The van der Waals surface area contributed by atoms with Gasteiger partial charge >= 0.3 is 0 Å². The summed E-state index contributed by atoms with van der Waals surface area (Å²) in [6.45, 7) is 0. The molecular weight excluding hydrogens is 236 g/mol. The van der Waals surface area contributed by atoms with Crippen LogP contribution < -0.4 is 4.74 Å². The molecular formula is C12H14N2O2S. The van der Waals surface area contributed by atoms with Gasteiger partial charge in [0.1, 0.15) is 5.75 Å². The van der Waals surface area contributed by atoms with Crippen molar-refractivity contribution in [3.8, 4) is 5.75 Å². The van der Waals surface area contributed by atoms with Gasteiger partial charge in [-0.25, -0.2) is 0 Å². The molecule has 0 aliphatic rings. The monoisotopic (exact) mass is 250 g/mol. The van der Waals surface area contributed by atoms with Crippen LogP contribution >= 0.6 is 11.8 Å². The normalized spacial score (nSPS) is 10.5. The van der Waals surface area contributed by atoms with Crippen LogP contribution in [0.4, 0.5) is 0 Å². The van der Waals surface area contributed by atoms with E-state index in [2.05, 4.69) is 10.1 Å². The first-order valence-corrected chi connectivity index (χ1v) is 6.64. The Morgan fingerprint density at radius 3 is 2.71 bits per heavy atom. The molecule has 0 bridgehead atoms. The van der Waals surface area contributed by atoms with E-state index in [0.717, 1.165) is 22.9 Å². The third-order valence-corrected chi connectivity index (χ3v) is 2.83. The lowest BCUT2D eigenvalue weighted by Gasteiger charge is -2.00. The molecule has 1 aromatic heterocycles. The zero-order valence-electron chi connectivity index (χ0n) is 9.84. The smallest absolute Gasteiger partial charge is 0.236 e. The highest BCUT2D eigenvalue weighted by Gasteiger charge is 2.06. The van der Waals surface area contributed by atoms with Crippen LogP contribution in [0.15, 0.2) is 28.8 Å². The summed E-state index contributed by atoms with van der Waals surface area (Å²) in [5.74, 6) is 3.01. The molecule has 0 N–H and O–H groups in total. The highest BCUT2D eigenvalue weighted by atomic mass is 32.2. The van der Waals surface area contributed by atoms with Gasteiger partial charge < -0.3 is 9.26 Å². The minimum Gasteiger partial charge on any atom is -0.497 e. The summed E-state index contributed by atoms with van der Waals surface area (Å²) in [5, 5.41) is 3.94. The number of hydrogen-bond donors (Lipinski definition) is 0. The second-order valence-electron chi connectivity index (χ2n) is 3.56. The molecule has 0 radical (unpaired) electrons. The topological polar surface area (TPSA) is 48.2 Å². The Balaban J connectivity index is 2.03. The summed E-state index contributed by atoms with van der Waals surface area (Å²) in [6, 6.07) is 7.86. The fourth-order valence-corrected chi connectivity index (χ4v) is 1.83. The average molecular weight is 250 g/mol. The van der Waals surface area contributed by atoms with Crippen LogP contribution in [-0.4, -0.2) is 23.5 Å². The van der Waals surface area contributed by atoms with Gasteiger partial charge in [0.2, 0.25) is 5.89 Å². The minimum absolute atomic E-state index is 0.681. The van der Waals surface area contributed by atoms with Crippen LogP contribution in [0.5, 0.6) is 5.75 Å². The molecule has 17 heavy (non-hydrogen) atoms. The molecule has 0 fully saturated rings. The van der Waals surface area contributed by atoms with Crippen molar-refractivity contribution >= 4 is 11.8 Å². The van der Waals surface area contributed by atoms with Crippen LogP contribution in [0, 0.1) is 0 Å². The van der Waals surface area contributed by atoms with Crippen LogP contribution in [0.2, 0.25) is 0 Å². The van der Waals surface area contributed by atoms with Crippen molar-refractivity contribution in [1.29, 1.82) is 0 Å². The Kier molecular flexibility index (Phi) is 4.03. The number of methoxy groups -OCH3 is 1. The van der Waals surface area contributed by atoms with E-state index >= 15 is 0 Å². The molecule has 0 aliphatic heterocycles. The Bertz CT molecular complexity index is 468. The number of benzene rings is 1. The zero-order valence-corrected chi connectivity index (χ0v) is 10.7. The predicted molar refractivity (Wildman–Crippen MR) is 67.3 cm³/mol. The maximum Gasteiger partial charge on any atom is 0.236 e. The van der Waals surface area contributed by atoms with Crippen molar-refractivity contribution < 1.29 is 9.26 Å². The summed E-state index contributed by atoms with van der Waals surface area (Å²) < 4.78 is 10.2. The van der Waals surface area contributed by atoms with Gasteiger partial charge in [-0.05, 0) is 24.0 Å². The fourth-order valence-electron chi connectivity index (χ4n) is 1.47. The molecule has 5 heteroatoms. The lowest BCUT2D eigenvalue weighted by atomic mass is 10.1. The number of nitrogens with zero attached hydrogens (tertiary/aromatic N) is 2. The first-order valence-electron chi connectivity index (χ1n) is 5.25. The lowest BCUT2D eigenvalue weighted by molar-refractivity contribution is 0.386. The fraction of sp³-hybridized carbons (Fsp3) is 0.333. The Morgan fingerprint density at radius 1 is 1.29 bits per heavy atom. The molecule has 0 aliphatic carbocycles. The molecule has 4 nitrogen and oxygen atoms in total. The molecule has 1 aromatic carbocycles. The van der Waals surface area contributed by atoms with Crippen molar-refractivity contribution in [3.05, 3.63) is 41.5 Å². The van der Waals surface area contributed by atoms with Gasteiger partial charge in [0.05, 0.1) is 12.9 Å². The largest absolute Gasteiger partial charge is 0.497 e. The van der Waals surface area contributed by atoms with Crippen molar-refractivity contribution in [3.63, 3.8) is 0 Å². The molecule has 0 atom stereocenters. The summed E-state index contributed by atoms with van der Waals surface area (Å²) in [6.07, 6.45) is 2.69. The molecule has 0 amide bonds. The Hall–Kier alpha value is -1.49. The quantitative estimate of drug-likeness (QED) is 0.816. The number of ether oxygens (including phenoxy) is 1. The third-order valence-electron chi connectivity index (χ3n) is 2.30. The minimum atomic E-state index is 0.681. The van der Waals surface area contributed by atoms with Crippen molar-refractivity contribution in [2.75, 3.05) is 13.4 Å². The van der Waals surface area contributed by atoms with Crippen molar-refractivity contribution in [2.45, 2.75) is 12.2 Å². The van der Waals surface area contributed by atoms with E-state index in [-0.39, 0.29) is 0 Å². The van der Waals surface area contributed by atoms with Crippen LogP contribution in [-0.2, 0) is 12.2 Å². The van der Waals surface area contributed by atoms with Gasteiger partial charge in [-0.2, -0.15) is 16.7 Å². The van der Waals surface area contributed by atoms with Crippen LogP contribution in [0.1, 0.15) is 17.3 Å². The lowest BCUT2D eigenvalue weighted by Crippen LogP contribution is -1.91. The van der Waals surface area contributed by atoms with Gasteiger partial charge in [0.25, 0.3) is 0 Å². The van der Waals surface area contributed by atoms with Crippen molar-refractivity contribution in [2.24, 2.45) is 0 Å². The second kappa shape index (κ2) is 5.72. The van der Waals surface area contributed by atoms with E-state index in [0.29, 0.717) is 12.3 Å². The van der Waals surface area contributed by atoms with Gasteiger partial charge in [-0.3, -0.25) is 0 Å². The first-order chi connectivity index (χ1) is 8.31. The summed E-state index contributed by atoms with van der Waals surface area (Å²) in [4.78, 5) is 4.31. The average Bonchev–Trinajstić information content (AvgIpc) is 2.78. The Labute approximate surface area is 104 Å². The number of hydrogen-bond acceptors (Lipinski definition) is 5. The second-order valence-corrected chi connectivity index (χ2v) is 4.43. The van der Waals surface area contributed by atoms with Gasteiger partial charge in [0, 0.05) is 6.42 Å². The van der Waals surface area contributed by atoms with Crippen LogP contribution in [0.25, 0.3) is 0 Å². The SMILES string of the molecule is COc1ccc(Cc2noc(CSC)n2)cc1. The van der Waals surface area contributed by atoms with Gasteiger partial charge in [-0.1, -0.05) is 17.3 Å². The van der Waals surface area contributed by atoms with E-state index < -0.39 is 0 Å². The standard InChI is InChI=1S/C12H14N2O2S/c1-15-10-5-3-9(4-6-10)7-11-13-12(8-17-2)16-14-11/h3-6H,7-8H2,1-2H3. The molecule has 0 saturated carbocycles. The van der Waals surface area contributed by atoms with E-state index in [1.165, 1.54) is 0 Å². The molecule has 2 aromatic rings. The van der Waals surface area contributed by atoms with E-state index in [9.17, 15) is 0 Å². The highest BCUT2D eigenvalue weighted by molar-refractivity contribution is 7.97. The number of rotatable bonds is 5. The number of aromatic nitrogens is 2. The molecule has 0 unspecified atom stereocenters. The van der Waals surface area contributed by atoms with E-state index in [1.807, 2.05) is 30.5 Å². The Morgan fingerprint density at radius 2 is 2.06 bits per heavy atom. The zero-order chi connectivity index (χ0) is 12.1. The summed E-state index contributed by atoms with van der Waals surface area (Å²) >= 11 is 1.67. The highest BCUT2D eigenvalue weighted by Crippen LogP contribution is 2.14. The molecule has 1 heterocycles. The van der Waals surface area contributed by atoms with Crippen LogP contribution in [0.3, 0.4) is 0 Å². The predicted octanol–water partition coefficient (Wildman–Crippen LogP) is 2.53. The third kappa shape index (κ3) is 3.23. The molecule has 0 spiro atoms. The van der Waals surface area contributed by atoms with Crippen molar-refractivity contribution in [1.82, 2.24) is 10.1 Å². The summed E-state index contributed by atoms with van der Waals surface area (Å²) in [7, 11) is 1.66. The molecule has 2 rings (SSSR count). The maximum atomic E-state index is 5.12. The summed E-state index contributed by atoms with van der Waals surface area (Å²) in [5.41, 5.74) is 1.14. The van der Waals surface area contributed by atoms with E-state index in [1.54, 1.807) is 18.9 Å². The first kappa shape index (κ1) is 12.0. The van der Waals surface area contributed by atoms with E-state index in [4.69, 9.17) is 9.26 Å². The van der Waals surface area contributed by atoms with Gasteiger partial charge in [-0.15, -0.1) is 0 Å².